The molecule has 0 atom stereocenters. The van der Waals surface area contributed by atoms with Gasteiger partial charge in [-0.2, -0.15) is 0 Å². The normalized spacial score (nSPS) is 14.3. The summed E-state index contributed by atoms with van der Waals surface area (Å²) in [5.41, 5.74) is 3.79. The van der Waals surface area contributed by atoms with Crippen molar-refractivity contribution < 1.29 is 9.53 Å². The van der Waals surface area contributed by atoms with E-state index >= 15 is 0 Å². The lowest BCUT2D eigenvalue weighted by molar-refractivity contribution is 0.102. The molecule has 160 valence electrons. The lowest BCUT2D eigenvalue weighted by atomic mass is 10.1. The fraction of sp³-hybridized carbons (Fsp3) is 0.240. The number of anilines is 2. The van der Waals surface area contributed by atoms with Gasteiger partial charge in [-0.15, -0.1) is 0 Å². The quantitative estimate of drug-likeness (QED) is 0.538. The molecule has 1 aliphatic heterocycles. The molecule has 0 unspecified atom stereocenters. The van der Waals surface area contributed by atoms with E-state index in [-0.39, 0.29) is 5.91 Å². The maximum absolute atomic E-state index is 12.5. The van der Waals surface area contributed by atoms with Crippen molar-refractivity contribution in [2.45, 2.75) is 6.54 Å². The van der Waals surface area contributed by atoms with Crippen LogP contribution in [0.1, 0.15) is 15.9 Å². The molecule has 5 nitrogen and oxygen atoms in total. The van der Waals surface area contributed by atoms with E-state index < -0.39 is 0 Å². The van der Waals surface area contributed by atoms with E-state index in [0.29, 0.717) is 5.56 Å². The van der Waals surface area contributed by atoms with E-state index in [4.69, 9.17) is 4.74 Å². The van der Waals surface area contributed by atoms with Gasteiger partial charge in [0.05, 0.1) is 18.5 Å². The van der Waals surface area contributed by atoms with Gasteiger partial charge in [0, 0.05) is 42.8 Å². The number of methoxy groups -OCH3 is 1. The molecule has 0 bridgehead atoms. The molecule has 3 aromatic rings. The molecule has 6 heteroatoms. The van der Waals surface area contributed by atoms with Crippen LogP contribution in [0.15, 0.2) is 77.3 Å². The highest BCUT2D eigenvalue weighted by atomic mass is 79.9. The van der Waals surface area contributed by atoms with Crippen LogP contribution in [-0.2, 0) is 6.54 Å². The number of carbonyl (C=O) groups is 1. The molecule has 1 N–H and O–H groups in total. The second-order valence-electron chi connectivity index (χ2n) is 7.57. The molecule has 0 aliphatic carbocycles. The first-order chi connectivity index (χ1) is 15.1. The molecular weight excluding hydrogens is 454 g/mol. The molecule has 31 heavy (non-hydrogen) atoms. The van der Waals surface area contributed by atoms with Gasteiger partial charge in [0.1, 0.15) is 5.75 Å². The van der Waals surface area contributed by atoms with Crippen LogP contribution < -0.4 is 15.0 Å². The number of amides is 1. The molecular formula is C25H26BrN3O2. The Morgan fingerprint density at radius 1 is 0.935 bits per heavy atom. The Balaban J connectivity index is 1.32. The summed E-state index contributed by atoms with van der Waals surface area (Å²) in [6, 6.07) is 23.7. The summed E-state index contributed by atoms with van der Waals surface area (Å²) in [4.78, 5) is 17.4. The number of nitrogens with zero attached hydrogens (tertiary/aromatic N) is 2. The topological polar surface area (TPSA) is 44.8 Å². The predicted octanol–water partition coefficient (Wildman–Crippen LogP) is 5.03. The molecule has 1 amide bonds. The van der Waals surface area contributed by atoms with Crippen molar-refractivity contribution in [1.82, 2.24) is 4.90 Å². The number of para-hydroxylation sites is 3. The Morgan fingerprint density at radius 3 is 2.32 bits per heavy atom. The van der Waals surface area contributed by atoms with Crippen molar-refractivity contribution in [2.24, 2.45) is 0 Å². The molecule has 0 aromatic heterocycles. The number of ether oxygens (including phenoxy) is 1. The van der Waals surface area contributed by atoms with Crippen LogP contribution in [0.4, 0.5) is 11.4 Å². The summed E-state index contributed by atoms with van der Waals surface area (Å²) in [5, 5.41) is 2.95. The third-order valence-electron chi connectivity index (χ3n) is 5.54. The van der Waals surface area contributed by atoms with Gasteiger partial charge in [-0.1, -0.05) is 36.4 Å². The van der Waals surface area contributed by atoms with Crippen LogP contribution in [0.5, 0.6) is 5.75 Å². The Labute approximate surface area is 191 Å². The number of benzene rings is 3. The summed E-state index contributed by atoms with van der Waals surface area (Å²) >= 11 is 3.46. The molecule has 1 heterocycles. The third-order valence-corrected chi connectivity index (χ3v) is 6.23. The lowest BCUT2D eigenvalue weighted by Crippen LogP contribution is -2.46. The summed E-state index contributed by atoms with van der Waals surface area (Å²) in [6.07, 6.45) is 0. The average Bonchev–Trinajstić information content (AvgIpc) is 2.81. The maximum atomic E-state index is 12.5. The van der Waals surface area contributed by atoms with Gasteiger partial charge in [-0.3, -0.25) is 9.69 Å². The highest BCUT2D eigenvalue weighted by Crippen LogP contribution is 2.28. The largest absolute Gasteiger partial charge is 0.495 e. The first kappa shape index (κ1) is 21.4. The lowest BCUT2D eigenvalue weighted by Gasteiger charge is -2.36. The van der Waals surface area contributed by atoms with Crippen molar-refractivity contribution in [3.8, 4) is 5.75 Å². The average molecular weight is 480 g/mol. The molecule has 1 aliphatic rings. The van der Waals surface area contributed by atoms with Gasteiger partial charge in [-0.05, 0) is 57.9 Å². The van der Waals surface area contributed by atoms with Crippen LogP contribution >= 0.6 is 15.9 Å². The number of hydrogen-bond acceptors (Lipinski definition) is 4. The Hall–Kier alpha value is -2.83. The fourth-order valence-corrected chi connectivity index (χ4v) is 4.20. The zero-order chi connectivity index (χ0) is 21.6. The van der Waals surface area contributed by atoms with Gasteiger partial charge in [0.25, 0.3) is 5.91 Å². The van der Waals surface area contributed by atoms with E-state index in [1.807, 2.05) is 60.7 Å². The summed E-state index contributed by atoms with van der Waals surface area (Å²) < 4.78 is 6.37. The number of piperazine rings is 1. The summed E-state index contributed by atoms with van der Waals surface area (Å²) in [5.74, 6) is 0.816. The van der Waals surface area contributed by atoms with Gasteiger partial charge in [0.2, 0.25) is 0 Å². The first-order valence-corrected chi connectivity index (χ1v) is 11.2. The molecule has 1 saturated heterocycles. The smallest absolute Gasteiger partial charge is 0.255 e. The van der Waals surface area contributed by atoms with Crippen molar-refractivity contribution in [2.75, 3.05) is 43.5 Å². The number of hydrogen-bond donors (Lipinski definition) is 1. The minimum absolute atomic E-state index is 0.108. The Morgan fingerprint density at radius 2 is 1.61 bits per heavy atom. The first-order valence-electron chi connectivity index (χ1n) is 10.4. The van der Waals surface area contributed by atoms with Gasteiger partial charge < -0.3 is 15.0 Å². The van der Waals surface area contributed by atoms with Crippen LogP contribution in [0.3, 0.4) is 0 Å². The van der Waals surface area contributed by atoms with Gasteiger partial charge in [0.15, 0.2) is 0 Å². The van der Waals surface area contributed by atoms with Crippen molar-refractivity contribution >= 4 is 33.2 Å². The standard InChI is InChI=1S/C25H26BrN3O2/c1-31-24-9-5-4-8-23(24)29-16-14-28(15-17-29)18-19-10-12-20(13-11-19)25(30)27-22-7-3-2-6-21(22)26/h2-13H,14-18H2,1H3,(H,27,30). The molecule has 0 spiro atoms. The van der Waals surface area contributed by atoms with Crippen molar-refractivity contribution in [1.29, 1.82) is 0 Å². The van der Waals surface area contributed by atoms with E-state index in [1.165, 1.54) is 5.56 Å². The third kappa shape index (κ3) is 5.27. The second-order valence-corrected chi connectivity index (χ2v) is 8.42. The molecule has 0 saturated carbocycles. The Kier molecular flexibility index (Phi) is 6.89. The van der Waals surface area contributed by atoms with E-state index in [1.54, 1.807) is 7.11 Å². The number of carbonyl (C=O) groups excluding carboxylic acids is 1. The van der Waals surface area contributed by atoms with E-state index in [9.17, 15) is 4.79 Å². The Bertz CT molecular complexity index is 1030. The van der Waals surface area contributed by atoms with Crippen LogP contribution in [-0.4, -0.2) is 44.1 Å². The highest BCUT2D eigenvalue weighted by molar-refractivity contribution is 9.10. The number of rotatable bonds is 6. The maximum Gasteiger partial charge on any atom is 0.255 e. The minimum atomic E-state index is -0.108. The summed E-state index contributed by atoms with van der Waals surface area (Å²) in [6.45, 7) is 4.79. The molecule has 4 rings (SSSR count). The van der Waals surface area contributed by atoms with Crippen LogP contribution in [0.2, 0.25) is 0 Å². The molecule has 3 aromatic carbocycles. The fourth-order valence-electron chi connectivity index (χ4n) is 3.81. The van der Waals surface area contributed by atoms with Crippen molar-refractivity contribution in [3.05, 3.63) is 88.4 Å². The number of halogens is 1. The van der Waals surface area contributed by atoms with Crippen LogP contribution in [0.25, 0.3) is 0 Å². The second kappa shape index (κ2) is 9.98. The predicted molar refractivity (Wildman–Crippen MR) is 129 cm³/mol. The van der Waals surface area contributed by atoms with Crippen LogP contribution in [0, 0.1) is 0 Å². The number of nitrogens with one attached hydrogen (secondary N) is 1. The minimum Gasteiger partial charge on any atom is -0.495 e. The zero-order valence-electron chi connectivity index (χ0n) is 17.6. The van der Waals surface area contributed by atoms with E-state index in [2.05, 4.69) is 43.2 Å². The molecule has 1 fully saturated rings. The monoisotopic (exact) mass is 479 g/mol. The highest BCUT2D eigenvalue weighted by Gasteiger charge is 2.19. The summed E-state index contributed by atoms with van der Waals surface area (Å²) in [7, 11) is 1.72. The van der Waals surface area contributed by atoms with Crippen molar-refractivity contribution in [3.63, 3.8) is 0 Å². The SMILES string of the molecule is COc1ccccc1N1CCN(Cc2ccc(C(=O)Nc3ccccc3Br)cc2)CC1. The van der Waals surface area contributed by atoms with E-state index in [0.717, 1.165) is 54.3 Å². The van der Waals surface area contributed by atoms with Gasteiger partial charge in [-0.25, -0.2) is 0 Å². The zero-order valence-corrected chi connectivity index (χ0v) is 19.1. The molecule has 0 radical (unpaired) electrons. The van der Waals surface area contributed by atoms with Gasteiger partial charge >= 0.3 is 0 Å².